The molecule has 0 saturated heterocycles. The van der Waals surface area contributed by atoms with Crippen LogP contribution in [0.3, 0.4) is 0 Å². The Kier molecular flexibility index (Phi) is 4.29. The summed E-state index contributed by atoms with van der Waals surface area (Å²) in [6.45, 7) is 0. The van der Waals surface area contributed by atoms with Gasteiger partial charge < -0.3 is 9.15 Å². The van der Waals surface area contributed by atoms with Crippen LogP contribution in [0.1, 0.15) is 17.4 Å². The minimum absolute atomic E-state index is 0.318. The largest absolute Gasteiger partial charge is 0.496 e. The molecule has 0 spiro atoms. The zero-order chi connectivity index (χ0) is 13.1. The van der Waals surface area contributed by atoms with E-state index in [-0.39, 0.29) is 6.04 Å². The molecule has 6 heteroatoms. The quantitative estimate of drug-likeness (QED) is 0.667. The van der Waals surface area contributed by atoms with Crippen LogP contribution < -0.4 is 16.0 Å². The van der Waals surface area contributed by atoms with E-state index in [0.29, 0.717) is 16.5 Å². The Morgan fingerprint density at radius 1 is 1.44 bits per heavy atom. The van der Waals surface area contributed by atoms with Crippen molar-refractivity contribution < 1.29 is 9.15 Å². The van der Waals surface area contributed by atoms with Gasteiger partial charge in [0.2, 0.25) is 0 Å². The molecule has 96 valence electrons. The average molecular weight is 332 g/mol. The third-order valence-corrected chi connectivity index (χ3v) is 3.47. The van der Waals surface area contributed by atoms with Crippen molar-refractivity contribution in [3.8, 4) is 5.75 Å². The number of nitrogens with two attached hydrogens (primary N) is 1. The third-order valence-electron chi connectivity index (χ3n) is 2.58. The SMILES string of the molecule is COc1cc(Cl)ccc1C(NN)c1occc1Br. The Balaban J connectivity index is 2.48. The van der Waals surface area contributed by atoms with Gasteiger partial charge in [-0.25, -0.2) is 5.43 Å². The molecule has 0 radical (unpaired) electrons. The molecule has 2 rings (SSSR count). The molecule has 0 saturated carbocycles. The molecule has 3 N–H and O–H groups in total. The maximum atomic E-state index is 5.94. The Morgan fingerprint density at radius 2 is 2.22 bits per heavy atom. The van der Waals surface area contributed by atoms with E-state index in [0.717, 1.165) is 10.0 Å². The lowest BCUT2D eigenvalue weighted by Gasteiger charge is -2.17. The average Bonchev–Trinajstić information content (AvgIpc) is 2.78. The van der Waals surface area contributed by atoms with Gasteiger partial charge >= 0.3 is 0 Å². The molecule has 4 nitrogen and oxygen atoms in total. The molecule has 0 bridgehead atoms. The maximum absolute atomic E-state index is 5.94. The predicted octanol–water partition coefficient (Wildman–Crippen LogP) is 3.26. The van der Waals surface area contributed by atoms with Crippen LogP contribution >= 0.6 is 27.5 Å². The van der Waals surface area contributed by atoms with Gasteiger partial charge in [-0.15, -0.1) is 0 Å². The highest BCUT2D eigenvalue weighted by atomic mass is 79.9. The summed E-state index contributed by atoms with van der Waals surface area (Å²) in [5, 5.41) is 0.602. The molecule has 1 unspecified atom stereocenters. The lowest BCUT2D eigenvalue weighted by molar-refractivity contribution is 0.393. The van der Waals surface area contributed by atoms with E-state index < -0.39 is 0 Å². The number of hydrogen-bond donors (Lipinski definition) is 2. The first-order chi connectivity index (χ1) is 8.67. The molecule has 2 aromatic rings. The molecule has 0 amide bonds. The van der Waals surface area contributed by atoms with Crippen LogP contribution in [-0.2, 0) is 0 Å². The number of hydrazine groups is 1. The van der Waals surface area contributed by atoms with E-state index in [1.165, 1.54) is 0 Å². The number of furan rings is 1. The normalized spacial score (nSPS) is 12.4. The minimum Gasteiger partial charge on any atom is -0.496 e. The Bertz CT molecular complexity index is 545. The van der Waals surface area contributed by atoms with Gasteiger partial charge in [0.15, 0.2) is 0 Å². The van der Waals surface area contributed by atoms with Gasteiger partial charge in [0.1, 0.15) is 17.6 Å². The topological polar surface area (TPSA) is 60.4 Å². The Hall–Kier alpha value is -1.01. The molecule has 1 heterocycles. The summed E-state index contributed by atoms with van der Waals surface area (Å²) in [6.07, 6.45) is 1.59. The summed E-state index contributed by atoms with van der Waals surface area (Å²) in [5.41, 5.74) is 3.56. The first kappa shape index (κ1) is 13.4. The van der Waals surface area contributed by atoms with Crippen LogP contribution in [-0.4, -0.2) is 7.11 Å². The Labute approximate surface area is 118 Å². The van der Waals surface area contributed by atoms with E-state index in [1.54, 1.807) is 25.5 Å². The summed E-state index contributed by atoms with van der Waals surface area (Å²) in [7, 11) is 1.58. The van der Waals surface area contributed by atoms with Crippen molar-refractivity contribution in [2.24, 2.45) is 5.84 Å². The molecule has 1 aromatic carbocycles. The molecular weight excluding hydrogens is 320 g/mol. The van der Waals surface area contributed by atoms with Gasteiger partial charge in [0.05, 0.1) is 17.8 Å². The van der Waals surface area contributed by atoms with E-state index in [4.69, 9.17) is 26.6 Å². The molecule has 1 aromatic heterocycles. The number of methoxy groups -OCH3 is 1. The van der Waals surface area contributed by atoms with Crippen LogP contribution in [0, 0.1) is 0 Å². The van der Waals surface area contributed by atoms with Crippen LogP contribution in [0.2, 0.25) is 5.02 Å². The lowest BCUT2D eigenvalue weighted by atomic mass is 10.0. The van der Waals surface area contributed by atoms with Crippen LogP contribution in [0.5, 0.6) is 5.75 Å². The van der Waals surface area contributed by atoms with E-state index in [1.807, 2.05) is 12.1 Å². The van der Waals surface area contributed by atoms with E-state index in [2.05, 4.69) is 21.4 Å². The number of hydrogen-bond acceptors (Lipinski definition) is 4. The fourth-order valence-electron chi connectivity index (χ4n) is 1.74. The van der Waals surface area contributed by atoms with Gasteiger partial charge in [0.25, 0.3) is 0 Å². The first-order valence-electron chi connectivity index (χ1n) is 5.19. The summed E-state index contributed by atoms with van der Waals surface area (Å²) >= 11 is 9.35. The van der Waals surface area contributed by atoms with Gasteiger partial charge in [-0.1, -0.05) is 17.7 Å². The smallest absolute Gasteiger partial charge is 0.140 e. The summed E-state index contributed by atoms with van der Waals surface area (Å²) in [4.78, 5) is 0. The van der Waals surface area contributed by atoms with Crippen molar-refractivity contribution in [1.82, 2.24) is 5.43 Å². The van der Waals surface area contributed by atoms with Crippen molar-refractivity contribution in [2.75, 3.05) is 7.11 Å². The van der Waals surface area contributed by atoms with Crippen molar-refractivity contribution in [3.05, 3.63) is 51.3 Å². The maximum Gasteiger partial charge on any atom is 0.140 e. The first-order valence-corrected chi connectivity index (χ1v) is 6.37. The predicted molar refractivity (Wildman–Crippen MR) is 73.6 cm³/mol. The standard InChI is InChI=1S/C12H12BrClN2O2/c1-17-10-6-7(14)2-3-8(10)11(16-15)12-9(13)4-5-18-12/h2-6,11,16H,15H2,1H3. The molecule has 1 atom stereocenters. The number of benzene rings is 1. The lowest BCUT2D eigenvalue weighted by Crippen LogP contribution is -2.29. The van der Waals surface area contributed by atoms with Crippen molar-refractivity contribution in [2.45, 2.75) is 6.04 Å². The molecule has 0 aliphatic carbocycles. The fraction of sp³-hybridized carbons (Fsp3) is 0.167. The second kappa shape index (κ2) is 5.75. The molecule has 18 heavy (non-hydrogen) atoms. The highest BCUT2D eigenvalue weighted by Gasteiger charge is 2.22. The summed E-state index contributed by atoms with van der Waals surface area (Å²) in [6, 6.07) is 6.85. The number of nitrogens with one attached hydrogen (secondary N) is 1. The zero-order valence-electron chi connectivity index (χ0n) is 9.61. The van der Waals surface area contributed by atoms with E-state index in [9.17, 15) is 0 Å². The third kappa shape index (κ3) is 2.54. The fourth-order valence-corrected chi connectivity index (χ4v) is 2.33. The minimum atomic E-state index is -0.318. The van der Waals surface area contributed by atoms with Gasteiger partial charge in [-0.3, -0.25) is 5.84 Å². The molecule has 0 aliphatic rings. The summed E-state index contributed by atoms with van der Waals surface area (Å²) < 4.78 is 11.6. The van der Waals surface area contributed by atoms with Crippen LogP contribution in [0.4, 0.5) is 0 Å². The van der Waals surface area contributed by atoms with Crippen LogP contribution in [0.15, 0.2) is 39.4 Å². The van der Waals surface area contributed by atoms with E-state index >= 15 is 0 Å². The molecular formula is C12H12BrClN2O2. The van der Waals surface area contributed by atoms with Crippen LogP contribution in [0.25, 0.3) is 0 Å². The van der Waals surface area contributed by atoms with Crippen molar-refractivity contribution in [1.29, 1.82) is 0 Å². The molecule has 0 aliphatic heterocycles. The van der Waals surface area contributed by atoms with Gasteiger partial charge in [-0.2, -0.15) is 0 Å². The zero-order valence-corrected chi connectivity index (χ0v) is 12.0. The van der Waals surface area contributed by atoms with Gasteiger partial charge in [0, 0.05) is 10.6 Å². The van der Waals surface area contributed by atoms with Gasteiger partial charge in [-0.05, 0) is 34.1 Å². The highest BCUT2D eigenvalue weighted by Crippen LogP contribution is 2.35. The Morgan fingerprint density at radius 3 is 2.78 bits per heavy atom. The second-order valence-corrected chi connectivity index (χ2v) is 4.91. The number of rotatable bonds is 4. The molecule has 0 fully saturated rings. The number of halogens is 2. The summed E-state index contributed by atoms with van der Waals surface area (Å²) in [5.74, 6) is 6.93. The highest BCUT2D eigenvalue weighted by molar-refractivity contribution is 9.10. The van der Waals surface area contributed by atoms with Crippen molar-refractivity contribution >= 4 is 27.5 Å². The monoisotopic (exact) mass is 330 g/mol. The van der Waals surface area contributed by atoms with Crippen molar-refractivity contribution in [3.63, 3.8) is 0 Å². The number of ether oxygens (including phenoxy) is 1. The second-order valence-electron chi connectivity index (χ2n) is 3.62.